The molecule has 0 aromatic heterocycles. The highest BCUT2D eigenvalue weighted by molar-refractivity contribution is 9.08. The van der Waals surface area contributed by atoms with Crippen LogP contribution in [-0.2, 0) is 11.5 Å². The van der Waals surface area contributed by atoms with E-state index in [-0.39, 0.29) is 16.6 Å². The monoisotopic (exact) mass is 254 g/mol. The molecule has 0 aliphatic rings. The first-order valence-electron chi connectivity index (χ1n) is 3.40. The Morgan fingerprint density at radius 1 is 1.31 bits per heavy atom. The normalized spacial score (nSPS) is 11.7. The van der Waals surface area contributed by atoms with Crippen molar-refractivity contribution in [1.29, 1.82) is 0 Å². The van der Waals surface area contributed by atoms with Gasteiger partial charge < -0.3 is 5.11 Å². The minimum Gasteiger partial charge on any atom is -0.508 e. The Balaban J connectivity index is 3.14. The predicted molar refractivity (Wildman–Crippen MR) is 45.7 cm³/mol. The van der Waals surface area contributed by atoms with Gasteiger partial charge in [-0.3, -0.25) is 0 Å². The molecule has 0 unspecified atom stereocenters. The maximum absolute atomic E-state index is 12.1. The van der Waals surface area contributed by atoms with Crippen LogP contribution >= 0.6 is 15.9 Å². The fourth-order valence-corrected chi connectivity index (χ4v) is 1.32. The van der Waals surface area contributed by atoms with Gasteiger partial charge in [0.2, 0.25) is 0 Å². The van der Waals surface area contributed by atoms with E-state index in [1.807, 2.05) is 0 Å². The molecule has 0 fully saturated rings. The van der Waals surface area contributed by atoms with Gasteiger partial charge in [-0.15, -0.1) is 0 Å². The van der Waals surface area contributed by atoms with Crippen molar-refractivity contribution >= 4 is 15.9 Å². The van der Waals surface area contributed by atoms with Crippen molar-refractivity contribution in [1.82, 2.24) is 0 Å². The summed E-state index contributed by atoms with van der Waals surface area (Å²) in [4.78, 5) is 0. The molecule has 0 bridgehead atoms. The largest absolute Gasteiger partial charge is 0.508 e. The highest BCUT2D eigenvalue weighted by atomic mass is 79.9. The number of phenolic OH excluding ortho intramolecular Hbond substituents is 1. The van der Waals surface area contributed by atoms with Gasteiger partial charge in [-0.05, 0) is 18.2 Å². The standard InChI is InChI=1S/C8H6BrF3O/c9-4-5-3-6(8(10,11)12)1-2-7(5)13/h1-3,13H,4H2. The zero-order valence-corrected chi connectivity index (χ0v) is 7.98. The van der Waals surface area contributed by atoms with Crippen LogP contribution in [0.15, 0.2) is 18.2 Å². The second-order valence-electron chi connectivity index (χ2n) is 2.47. The third-order valence-corrected chi connectivity index (χ3v) is 2.15. The molecule has 1 nitrogen and oxygen atoms in total. The summed E-state index contributed by atoms with van der Waals surface area (Å²) in [6.07, 6.45) is -4.36. The van der Waals surface area contributed by atoms with Gasteiger partial charge in [-0.2, -0.15) is 13.2 Å². The number of hydrogen-bond acceptors (Lipinski definition) is 1. The van der Waals surface area contributed by atoms with Crippen LogP contribution in [0.5, 0.6) is 5.75 Å². The van der Waals surface area contributed by atoms with Crippen LogP contribution in [0.1, 0.15) is 11.1 Å². The second kappa shape index (κ2) is 3.57. The van der Waals surface area contributed by atoms with E-state index in [0.717, 1.165) is 18.2 Å². The fourth-order valence-electron chi connectivity index (χ4n) is 0.869. The summed E-state index contributed by atoms with van der Waals surface area (Å²) < 4.78 is 36.4. The maximum atomic E-state index is 12.1. The van der Waals surface area contributed by atoms with Gasteiger partial charge in [0.25, 0.3) is 0 Å². The van der Waals surface area contributed by atoms with E-state index in [2.05, 4.69) is 15.9 Å². The van der Waals surface area contributed by atoms with Gasteiger partial charge in [0.05, 0.1) is 5.56 Å². The Morgan fingerprint density at radius 2 is 1.92 bits per heavy atom. The number of benzene rings is 1. The zero-order chi connectivity index (χ0) is 10.1. The number of phenols is 1. The lowest BCUT2D eigenvalue weighted by Crippen LogP contribution is -2.04. The van der Waals surface area contributed by atoms with Crippen LogP contribution in [0.25, 0.3) is 0 Å². The lowest BCUT2D eigenvalue weighted by molar-refractivity contribution is -0.137. The van der Waals surface area contributed by atoms with Gasteiger partial charge in [0.1, 0.15) is 5.75 Å². The zero-order valence-electron chi connectivity index (χ0n) is 6.40. The first kappa shape index (κ1) is 10.4. The average molecular weight is 255 g/mol. The van der Waals surface area contributed by atoms with Crippen molar-refractivity contribution in [2.75, 3.05) is 0 Å². The Kier molecular flexibility index (Phi) is 2.85. The van der Waals surface area contributed by atoms with Crippen LogP contribution < -0.4 is 0 Å². The molecular weight excluding hydrogens is 249 g/mol. The summed E-state index contributed by atoms with van der Waals surface area (Å²) >= 11 is 2.98. The number of alkyl halides is 4. The van der Waals surface area contributed by atoms with E-state index in [1.54, 1.807) is 0 Å². The summed E-state index contributed by atoms with van der Waals surface area (Å²) in [6.45, 7) is 0. The topological polar surface area (TPSA) is 20.2 Å². The molecule has 0 radical (unpaired) electrons. The molecule has 0 heterocycles. The number of halogens is 4. The van der Waals surface area contributed by atoms with Crippen molar-refractivity contribution in [2.24, 2.45) is 0 Å². The summed E-state index contributed by atoms with van der Waals surface area (Å²) in [5.41, 5.74) is -0.519. The Bertz CT molecular complexity index is 309. The molecule has 1 N–H and O–H groups in total. The average Bonchev–Trinajstić information content (AvgIpc) is 2.03. The fraction of sp³-hybridized carbons (Fsp3) is 0.250. The summed E-state index contributed by atoms with van der Waals surface area (Å²) in [5.74, 6) is -0.134. The van der Waals surface area contributed by atoms with E-state index < -0.39 is 11.7 Å². The molecular formula is C8H6BrF3O. The second-order valence-corrected chi connectivity index (χ2v) is 3.04. The molecule has 72 valence electrons. The molecule has 0 spiro atoms. The quantitative estimate of drug-likeness (QED) is 0.763. The van der Waals surface area contributed by atoms with Crippen LogP contribution in [0.4, 0.5) is 13.2 Å². The SMILES string of the molecule is Oc1ccc(C(F)(F)F)cc1CBr. The van der Waals surface area contributed by atoms with Gasteiger partial charge in [-0.25, -0.2) is 0 Å². The van der Waals surface area contributed by atoms with Crippen LogP contribution in [0.2, 0.25) is 0 Å². The lowest BCUT2D eigenvalue weighted by atomic mass is 10.1. The third-order valence-electron chi connectivity index (χ3n) is 1.55. The molecule has 5 heteroatoms. The molecule has 13 heavy (non-hydrogen) atoms. The van der Waals surface area contributed by atoms with E-state index >= 15 is 0 Å². The molecule has 0 saturated carbocycles. The van der Waals surface area contributed by atoms with Gasteiger partial charge >= 0.3 is 6.18 Å². The van der Waals surface area contributed by atoms with Crippen LogP contribution in [0.3, 0.4) is 0 Å². The van der Waals surface area contributed by atoms with Crippen molar-refractivity contribution in [3.8, 4) is 5.75 Å². The molecule has 0 aliphatic carbocycles. The lowest BCUT2D eigenvalue weighted by Gasteiger charge is -2.08. The van der Waals surface area contributed by atoms with E-state index in [0.29, 0.717) is 0 Å². The van der Waals surface area contributed by atoms with E-state index in [9.17, 15) is 13.2 Å². The molecule has 0 atom stereocenters. The van der Waals surface area contributed by atoms with Gasteiger partial charge in [0, 0.05) is 10.9 Å². The minimum atomic E-state index is -4.36. The number of hydrogen-bond donors (Lipinski definition) is 1. The molecule has 0 aliphatic heterocycles. The third kappa shape index (κ3) is 2.37. The summed E-state index contributed by atoms with van der Waals surface area (Å²) in [7, 11) is 0. The predicted octanol–water partition coefficient (Wildman–Crippen LogP) is 3.31. The van der Waals surface area contributed by atoms with E-state index in [1.165, 1.54) is 0 Å². The molecule has 0 amide bonds. The summed E-state index contributed by atoms with van der Waals surface area (Å²) in [5, 5.41) is 9.30. The van der Waals surface area contributed by atoms with Gasteiger partial charge in [-0.1, -0.05) is 15.9 Å². The summed E-state index contributed by atoms with van der Waals surface area (Å²) in [6, 6.07) is 2.81. The number of rotatable bonds is 1. The Morgan fingerprint density at radius 3 is 2.38 bits per heavy atom. The smallest absolute Gasteiger partial charge is 0.416 e. The van der Waals surface area contributed by atoms with Crippen LogP contribution in [-0.4, -0.2) is 5.11 Å². The highest BCUT2D eigenvalue weighted by Crippen LogP contribution is 2.32. The Hall–Kier alpha value is -0.710. The first-order valence-corrected chi connectivity index (χ1v) is 4.52. The van der Waals surface area contributed by atoms with Crippen molar-refractivity contribution < 1.29 is 18.3 Å². The molecule has 1 aromatic carbocycles. The van der Waals surface area contributed by atoms with Crippen LogP contribution in [0, 0.1) is 0 Å². The first-order chi connectivity index (χ1) is 5.95. The molecule has 0 saturated heterocycles. The highest BCUT2D eigenvalue weighted by Gasteiger charge is 2.30. The van der Waals surface area contributed by atoms with Gasteiger partial charge in [0.15, 0.2) is 0 Å². The van der Waals surface area contributed by atoms with E-state index in [4.69, 9.17) is 5.11 Å². The molecule has 1 rings (SSSR count). The molecule has 1 aromatic rings. The van der Waals surface area contributed by atoms with Crippen molar-refractivity contribution in [3.05, 3.63) is 29.3 Å². The maximum Gasteiger partial charge on any atom is 0.416 e. The number of aromatic hydroxyl groups is 1. The van der Waals surface area contributed by atoms with Crippen molar-refractivity contribution in [2.45, 2.75) is 11.5 Å². The Labute approximate surface area is 81.3 Å². The van der Waals surface area contributed by atoms with Crippen molar-refractivity contribution in [3.63, 3.8) is 0 Å². The minimum absolute atomic E-state index is 0.134.